The molecule has 0 amide bonds. The number of hydrogen-bond donors (Lipinski definition) is 1. The van der Waals surface area contributed by atoms with E-state index in [1.165, 1.54) is 13.3 Å². The van der Waals surface area contributed by atoms with E-state index in [9.17, 15) is 4.79 Å². The van der Waals surface area contributed by atoms with E-state index in [0.717, 1.165) is 6.54 Å². The molecule has 2 aromatic rings. The van der Waals surface area contributed by atoms with Crippen LogP contribution in [0.1, 0.15) is 17.5 Å². The molecule has 0 aromatic carbocycles. The SMILES string of the molecule is COC(=O)c1nccc(NC(C)Cn2ccnc2)n1. The first-order valence-corrected chi connectivity index (χ1v) is 5.82. The molecule has 0 saturated carbocycles. The highest BCUT2D eigenvalue weighted by Crippen LogP contribution is 2.06. The number of ether oxygens (including phenoxy) is 1. The fourth-order valence-corrected chi connectivity index (χ4v) is 1.64. The number of nitrogens with one attached hydrogen (secondary N) is 1. The van der Waals surface area contributed by atoms with E-state index in [4.69, 9.17) is 0 Å². The van der Waals surface area contributed by atoms with Crippen molar-refractivity contribution >= 4 is 11.8 Å². The van der Waals surface area contributed by atoms with Gasteiger partial charge in [-0.05, 0) is 13.0 Å². The summed E-state index contributed by atoms with van der Waals surface area (Å²) in [6.45, 7) is 2.76. The number of esters is 1. The van der Waals surface area contributed by atoms with E-state index >= 15 is 0 Å². The zero-order chi connectivity index (χ0) is 13.7. The van der Waals surface area contributed by atoms with Crippen molar-refractivity contribution < 1.29 is 9.53 Å². The third-order valence-electron chi connectivity index (χ3n) is 2.46. The summed E-state index contributed by atoms with van der Waals surface area (Å²) in [6, 6.07) is 1.84. The van der Waals surface area contributed by atoms with Gasteiger partial charge in [-0.25, -0.2) is 19.7 Å². The molecule has 0 spiro atoms. The molecule has 0 aliphatic carbocycles. The van der Waals surface area contributed by atoms with Crippen LogP contribution in [0.5, 0.6) is 0 Å². The molecule has 0 aliphatic heterocycles. The minimum atomic E-state index is -0.550. The second-order valence-electron chi connectivity index (χ2n) is 4.06. The number of carbonyl (C=O) groups excluding carboxylic acids is 1. The van der Waals surface area contributed by atoms with Crippen molar-refractivity contribution in [3.8, 4) is 0 Å². The van der Waals surface area contributed by atoms with Crippen molar-refractivity contribution in [2.75, 3.05) is 12.4 Å². The lowest BCUT2D eigenvalue weighted by atomic mass is 10.3. The zero-order valence-electron chi connectivity index (χ0n) is 10.8. The molecule has 7 nitrogen and oxygen atoms in total. The van der Waals surface area contributed by atoms with Gasteiger partial charge in [-0.2, -0.15) is 0 Å². The van der Waals surface area contributed by atoms with Gasteiger partial charge in [0.2, 0.25) is 5.82 Å². The molecule has 0 saturated heterocycles. The van der Waals surface area contributed by atoms with Gasteiger partial charge in [0.25, 0.3) is 0 Å². The van der Waals surface area contributed by atoms with E-state index in [2.05, 4.69) is 25.0 Å². The topological polar surface area (TPSA) is 81.9 Å². The quantitative estimate of drug-likeness (QED) is 0.807. The first-order valence-electron chi connectivity index (χ1n) is 5.82. The average Bonchev–Trinajstić information content (AvgIpc) is 2.90. The van der Waals surface area contributed by atoms with Gasteiger partial charge in [0.15, 0.2) is 0 Å². The normalized spacial score (nSPS) is 11.9. The number of nitrogens with zero attached hydrogens (tertiary/aromatic N) is 4. The minimum Gasteiger partial charge on any atom is -0.463 e. The van der Waals surface area contributed by atoms with E-state index in [1.807, 2.05) is 17.7 Å². The molecule has 1 N–H and O–H groups in total. The standard InChI is InChI=1S/C12H15N5O2/c1-9(7-17-6-5-13-8-17)15-10-3-4-14-11(16-10)12(18)19-2/h3-6,8-9H,7H2,1-2H3,(H,14,15,16). The van der Waals surface area contributed by atoms with Crippen LogP contribution in [-0.4, -0.2) is 38.6 Å². The zero-order valence-corrected chi connectivity index (χ0v) is 10.8. The fourth-order valence-electron chi connectivity index (χ4n) is 1.64. The number of rotatable bonds is 5. The van der Waals surface area contributed by atoms with Crippen molar-refractivity contribution in [2.24, 2.45) is 0 Å². The molecule has 1 atom stereocenters. The van der Waals surface area contributed by atoms with Crippen LogP contribution < -0.4 is 5.32 Å². The number of methoxy groups -OCH3 is 1. The smallest absolute Gasteiger partial charge is 0.376 e. The largest absolute Gasteiger partial charge is 0.463 e. The second-order valence-corrected chi connectivity index (χ2v) is 4.06. The predicted molar refractivity (Wildman–Crippen MR) is 68.7 cm³/mol. The van der Waals surface area contributed by atoms with Crippen molar-refractivity contribution in [3.63, 3.8) is 0 Å². The number of aromatic nitrogens is 4. The Hall–Kier alpha value is -2.44. The maximum atomic E-state index is 11.3. The van der Waals surface area contributed by atoms with E-state index in [0.29, 0.717) is 5.82 Å². The summed E-state index contributed by atoms with van der Waals surface area (Å²) in [6.07, 6.45) is 6.88. The van der Waals surface area contributed by atoms with Crippen LogP contribution in [0.15, 0.2) is 31.0 Å². The van der Waals surface area contributed by atoms with Gasteiger partial charge in [0.1, 0.15) is 5.82 Å². The van der Waals surface area contributed by atoms with Gasteiger partial charge < -0.3 is 14.6 Å². The lowest BCUT2D eigenvalue weighted by Gasteiger charge is -2.15. The Labute approximate surface area is 110 Å². The number of carbonyl (C=O) groups is 1. The van der Waals surface area contributed by atoms with Crippen molar-refractivity contribution in [3.05, 3.63) is 36.8 Å². The van der Waals surface area contributed by atoms with Crippen molar-refractivity contribution in [2.45, 2.75) is 19.5 Å². The summed E-state index contributed by atoms with van der Waals surface area (Å²) in [5.74, 6) is 0.0799. The molecule has 0 bridgehead atoms. The van der Waals surface area contributed by atoms with Crippen LogP contribution in [0.2, 0.25) is 0 Å². The van der Waals surface area contributed by atoms with E-state index in [-0.39, 0.29) is 11.9 Å². The Morgan fingerprint density at radius 2 is 2.37 bits per heavy atom. The third-order valence-corrected chi connectivity index (χ3v) is 2.46. The van der Waals surface area contributed by atoms with Gasteiger partial charge in [0, 0.05) is 31.2 Å². The molecule has 19 heavy (non-hydrogen) atoms. The highest BCUT2D eigenvalue weighted by atomic mass is 16.5. The lowest BCUT2D eigenvalue weighted by molar-refractivity contribution is 0.0587. The van der Waals surface area contributed by atoms with Gasteiger partial charge in [0.05, 0.1) is 13.4 Å². The van der Waals surface area contributed by atoms with Gasteiger partial charge in [-0.15, -0.1) is 0 Å². The number of imidazole rings is 1. The van der Waals surface area contributed by atoms with Crippen molar-refractivity contribution in [1.29, 1.82) is 0 Å². The molecule has 1 unspecified atom stereocenters. The Morgan fingerprint density at radius 3 is 3.05 bits per heavy atom. The third kappa shape index (κ3) is 3.51. The molecule has 0 fully saturated rings. The summed E-state index contributed by atoms with van der Waals surface area (Å²) in [5.41, 5.74) is 0. The lowest BCUT2D eigenvalue weighted by Crippen LogP contribution is -2.22. The summed E-state index contributed by atoms with van der Waals surface area (Å²) in [5, 5.41) is 3.19. The maximum absolute atomic E-state index is 11.3. The van der Waals surface area contributed by atoms with Crippen LogP contribution in [0.3, 0.4) is 0 Å². The highest BCUT2D eigenvalue weighted by Gasteiger charge is 2.10. The molecule has 0 aliphatic rings. The Morgan fingerprint density at radius 1 is 1.53 bits per heavy atom. The van der Waals surface area contributed by atoms with Gasteiger partial charge in [-0.3, -0.25) is 0 Å². The Kier molecular flexibility index (Phi) is 4.07. The molecule has 7 heteroatoms. The Balaban J connectivity index is 2.00. The average molecular weight is 261 g/mol. The molecule has 2 heterocycles. The van der Waals surface area contributed by atoms with Gasteiger partial charge >= 0.3 is 5.97 Å². The first kappa shape index (κ1) is 13.0. The maximum Gasteiger partial charge on any atom is 0.376 e. The second kappa shape index (κ2) is 5.94. The number of anilines is 1. The molecule has 0 radical (unpaired) electrons. The fraction of sp³-hybridized carbons (Fsp3) is 0.333. The van der Waals surface area contributed by atoms with Gasteiger partial charge in [-0.1, -0.05) is 0 Å². The molecular weight excluding hydrogens is 246 g/mol. The van der Waals surface area contributed by atoms with Crippen LogP contribution in [0.25, 0.3) is 0 Å². The number of hydrogen-bond acceptors (Lipinski definition) is 6. The summed E-state index contributed by atoms with van der Waals surface area (Å²) in [7, 11) is 1.30. The van der Waals surface area contributed by atoms with Crippen molar-refractivity contribution in [1.82, 2.24) is 19.5 Å². The van der Waals surface area contributed by atoms with Crippen LogP contribution in [0.4, 0.5) is 5.82 Å². The minimum absolute atomic E-state index is 0.0438. The van der Waals surface area contributed by atoms with Crippen LogP contribution >= 0.6 is 0 Å². The monoisotopic (exact) mass is 261 g/mol. The predicted octanol–water partition coefficient (Wildman–Crippen LogP) is 0.960. The van der Waals surface area contributed by atoms with Crippen LogP contribution in [-0.2, 0) is 11.3 Å². The van der Waals surface area contributed by atoms with E-state index in [1.54, 1.807) is 18.6 Å². The summed E-state index contributed by atoms with van der Waals surface area (Å²) < 4.78 is 6.54. The molecule has 2 rings (SSSR count). The molecule has 100 valence electrons. The first-order chi connectivity index (χ1) is 9.19. The molecule has 2 aromatic heterocycles. The van der Waals surface area contributed by atoms with E-state index < -0.39 is 5.97 Å². The summed E-state index contributed by atoms with van der Waals surface area (Å²) in [4.78, 5) is 23.2. The highest BCUT2D eigenvalue weighted by molar-refractivity contribution is 5.85. The molecular formula is C12H15N5O2. The summed E-state index contributed by atoms with van der Waals surface area (Å²) >= 11 is 0. The van der Waals surface area contributed by atoms with Crippen LogP contribution in [0, 0.1) is 0 Å². The Bertz CT molecular complexity index is 541.